The molecule has 3 aromatic rings. The Morgan fingerprint density at radius 3 is 1.63 bits per heavy atom. The van der Waals surface area contributed by atoms with E-state index < -0.39 is 5.97 Å². The zero-order valence-electron chi connectivity index (χ0n) is 23.0. The normalized spacial score (nSPS) is 10.8. The molecule has 1 heterocycles. The molecule has 0 aliphatic rings. The first-order chi connectivity index (χ1) is 18.7. The van der Waals surface area contributed by atoms with E-state index in [1.165, 1.54) is 64.0 Å². The van der Waals surface area contributed by atoms with Gasteiger partial charge in [-0.25, -0.2) is 9.78 Å². The molecular weight excluding hydrogens is 476 g/mol. The van der Waals surface area contributed by atoms with Crippen molar-refractivity contribution < 1.29 is 19.0 Å². The first-order valence-electron chi connectivity index (χ1n) is 14.2. The topological polar surface area (TPSA) is 70.5 Å². The summed E-state index contributed by atoms with van der Waals surface area (Å²) >= 11 is 0. The number of rotatable bonds is 18. The lowest BCUT2D eigenvalue weighted by Crippen LogP contribution is -2.11. The lowest BCUT2D eigenvalue weighted by Gasteiger charge is -2.08. The van der Waals surface area contributed by atoms with Gasteiger partial charge >= 0.3 is 5.97 Å². The van der Waals surface area contributed by atoms with Crippen LogP contribution in [0.15, 0.2) is 60.9 Å². The van der Waals surface area contributed by atoms with Crippen LogP contribution in [0.25, 0.3) is 11.3 Å². The number of unbranched alkanes of at least 4 members (excludes halogenated alkanes) is 9. The van der Waals surface area contributed by atoms with Gasteiger partial charge in [-0.1, -0.05) is 71.6 Å². The highest BCUT2D eigenvalue weighted by Gasteiger charge is 2.12. The van der Waals surface area contributed by atoms with Crippen molar-refractivity contribution in [3.8, 4) is 28.5 Å². The van der Waals surface area contributed by atoms with Crippen LogP contribution in [0, 0.1) is 0 Å². The van der Waals surface area contributed by atoms with Crippen molar-refractivity contribution in [2.45, 2.75) is 84.5 Å². The molecule has 0 aliphatic carbocycles. The highest BCUT2D eigenvalue weighted by Crippen LogP contribution is 2.22. The molecule has 0 aliphatic heterocycles. The van der Waals surface area contributed by atoms with E-state index in [1.54, 1.807) is 18.3 Å². The third kappa shape index (κ3) is 10.5. The molecule has 0 amide bonds. The molecule has 0 saturated heterocycles. The number of aromatic nitrogens is 2. The Morgan fingerprint density at radius 2 is 1.11 bits per heavy atom. The van der Waals surface area contributed by atoms with Crippen molar-refractivity contribution in [1.29, 1.82) is 0 Å². The molecular formula is C32H42N2O4. The second-order valence-electron chi connectivity index (χ2n) is 9.55. The summed E-state index contributed by atoms with van der Waals surface area (Å²) in [5.41, 5.74) is 1.74. The second kappa shape index (κ2) is 17.2. The SMILES string of the molecule is CCCCCCCCOc1ccc(-c2cnc(C(=O)Oc3ccc(OCCCCCCC)cc3)cn2)cc1. The fourth-order valence-corrected chi connectivity index (χ4v) is 4.04. The Bertz CT molecular complexity index is 1050. The highest BCUT2D eigenvalue weighted by molar-refractivity contribution is 5.88. The molecule has 6 heteroatoms. The van der Waals surface area contributed by atoms with Gasteiger partial charge in [-0.3, -0.25) is 4.98 Å². The summed E-state index contributed by atoms with van der Waals surface area (Å²) in [6.07, 6.45) is 16.5. The van der Waals surface area contributed by atoms with Gasteiger partial charge in [-0.05, 0) is 61.4 Å². The Hall–Kier alpha value is -3.41. The van der Waals surface area contributed by atoms with Gasteiger partial charge in [0.1, 0.15) is 17.2 Å². The number of hydrogen-bond donors (Lipinski definition) is 0. The number of benzene rings is 2. The summed E-state index contributed by atoms with van der Waals surface area (Å²) in [5.74, 6) is 1.50. The second-order valence-corrected chi connectivity index (χ2v) is 9.55. The zero-order valence-corrected chi connectivity index (χ0v) is 23.0. The predicted molar refractivity (Wildman–Crippen MR) is 152 cm³/mol. The van der Waals surface area contributed by atoms with E-state index in [4.69, 9.17) is 14.2 Å². The Morgan fingerprint density at radius 1 is 0.605 bits per heavy atom. The van der Waals surface area contributed by atoms with Crippen LogP contribution in [0.3, 0.4) is 0 Å². The van der Waals surface area contributed by atoms with Crippen molar-refractivity contribution in [3.05, 3.63) is 66.6 Å². The summed E-state index contributed by atoms with van der Waals surface area (Å²) in [4.78, 5) is 21.2. The van der Waals surface area contributed by atoms with Gasteiger partial charge in [-0.2, -0.15) is 0 Å². The third-order valence-electron chi connectivity index (χ3n) is 6.33. The number of nitrogens with zero attached hydrogens (tertiary/aromatic N) is 2. The van der Waals surface area contributed by atoms with E-state index in [-0.39, 0.29) is 5.69 Å². The number of ether oxygens (including phenoxy) is 3. The molecule has 0 atom stereocenters. The largest absolute Gasteiger partial charge is 0.494 e. The van der Waals surface area contributed by atoms with Crippen molar-refractivity contribution in [2.75, 3.05) is 13.2 Å². The zero-order chi connectivity index (χ0) is 26.8. The third-order valence-corrected chi connectivity index (χ3v) is 6.33. The molecule has 0 bridgehead atoms. The average molecular weight is 519 g/mol. The quantitative estimate of drug-likeness (QED) is 0.0955. The molecule has 0 unspecified atom stereocenters. The van der Waals surface area contributed by atoms with Gasteiger partial charge in [0.2, 0.25) is 0 Å². The molecule has 0 spiro atoms. The number of carbonyl (C=O) groups is 1. The van der Waals surface area contributed by atoms with Crippen LogP contribution in [0.5, 0.6) is 17.2 Å². The maximum atomic E-state index is 12.5. The van der Waals surface area contributed by atoms with E-state index >= 15 is 0 Å². The molecule has 2 aromatic carbocycles. The van der Waals surface area contributed by atoms with Gasteiger partial charge in [0, 0.05) is 5.56 Å². The van der Waals surface area contributed by atoms with Crippen LogP contribution in [-0.2, 0) is 0 Å². The lowest BCUT2D eigenvalue weighted by atomic mass is 10.1. The molecule has 1 aromatic heterocycles. The van der Waals surface area contributed by atoms with Gasteiger partial charge in [0.15, 0.2) is 5.69 Å². The maximum Gasteiger partial charge on any atom is 0.363 e. The minimum Gasteiger partial charge on any atom is -0.494 e. The summed E-state index contributed by atoms with van der Waals surface area (Å²) in [5, 5.41) is 0. The van der Waals surface area contributed by atoms with Crippen LogP contribution >= 0.6 is 0 Å². The van der Waals surface area contributed by atoms with Gasteiger partial charge in [0.25, 0.3) is 0 Å². The highest BCUT2D eigenvalue weighted by atomic mass is 16.5. The number of esters is 1. The monoisotopic (exact) mass is 518 g/mol. The molecule has 3 rings (SSSR count). The molecule has 38 heavy (non-hydrogen) atoms. The summed E-state index contributed by atoms with van der Waals surface area (Å²) < 4.78 is 17.1. The van der Waals surface area contributed by atoms with Crippen LogP contribution in [0.1, 0.15) is 95.0 Å². The first-order valence-corrected chi connectivity index (χ1v) is 14.2. The molecule has 0 radical (unpaired) electrons. The number of carbonyl (C=O) groups excluding carboxylic acids is 1. The van der Waals surface area contributed by atoms with E-state index in [0.717, 1.165) is 36.5 Å². The smallest absolute Gasteiger partial charge is 0.363 e. The van der Waals surface area contributed by atoms with Crippen LogP contribution in [-0.4, -0.2) is 29.2 Å². The minimum atomic E-state index is -0.549. The summed E-state index contributed by atoms with van der Waals surface area (Å²) in [7, 11) is 0. The van der Waals surface area contributed by atoms with E-state index in [9.17, 15) is 4.79 Å². The van der Waals surface area contributed by atoms with E-state index in [0.29, 0.717) is 18.1 Å². The van der Waals surface area contributed by atoms with Crippen LogP contribution in [0.2, 0.25) is 0 Å². The molecule has 0 saturated carbocycles. The molecule has 0 fully saturated rings. The Kier molecular flexibility index (Phi) is 13.2. The van der Waals surface area contributed by atoms with E-state index in [1.807, 2.05) is 36.4 Å². The first kappa shape index (κ1) is 29.2. The molecule has 0 N–H and O–H groups in total. The van der Waals surface area contributed by atoms with Gasteiger partial charge < -0.3 is 14.2 Å². The standard InChI is InChI=1S/C32H42N2O4/c1-3-5-7-9-11-13-23-36-27-16-14-26(15-17-27)30-24-34-31(25-33-30)32(35)38-29-20-18-28(19-21-29)37-22-12-10-8-6-4-2/h14-21,24-25H,3-13,22-23H2,1-2H3. The summed E-state index contributed by atoms with van der Waals surface area (Å²) in [6.45, 7) is 5.87. The molecule has 204 valence electrons. The van der Waals surface area contributed by atoms with Gasteiger partial charge in [-0.15, -0.1) is 0 Å². The lowest BCUT2D eigenvalue weighted by molar-refractivity contribution is 0.0728. The predicted octanol–water partition coefficient (Wildman–Crippen LogP) is 8.45. The number of hydrogen-bond acceptors (Lipinski definition) is 6. The fraction of sp³-hybridized carbons (Fsp3) is 0.469. The fourth-order valence-electron chi connectivity index (χ4n) is 4.04. The van der Waals surface area contributed by atoms with Crippen LogP contribution < -0.4 is 14.2 Å². The molecule has 6 nitrogen and oxygen atoms in total. The van der Waals surface area contributed by atoms with Crippen molar-refractivity contribution >= 4 is 5.97 Å². The van der Waals surface area contributed by atoms with E-state index in [2.05, 4.69) is 23.8 Å². The van der Waals surface area contributed by atoms with Gasteiger partial charge in [0.05, 0.1) is 31.3 Å². The Balaban J connectivity index is 1.41. The Labute approximate surface area is 227 Å². The minimum absolute atomic E-state index is 0.153. The average Bonchev–Trinajstić information content (AvgIpc) is 2.96. The van der Waals surface area contributed by atoms with Crippen molar-refractivity contribution in [3.63, 3.8) is 0 Å². The van der Waals surface area contributed by atoms with Crippen molar-refractivity contribution in [2.24, 2.45) is 0 Å². The maximum absolute atomic E-state index is 12.5. The summed E-state index contributed by atoms with van der Waals surface area (Å²) in [6, 6.07) is 14.9. The van der Waals surface area contributed by atoms with Crippen LogP contribution in [0.4, 0.5) is 0 Å². The van der Waals surface area contributed by atoms with Crippen molar-refractivity contribution in [1.82, 2.24) is 9.97 Å².